The van der Waals surface area contributed by atoms with Gasteiger partial charge in [-0.25, -0.2) is 0 Å². The highest BCUT2D eigenvalue weighted by molar-refractivity contribution is 7.85. The molecule has 0 aliphatic rings. The Morgan fingerprint density at radius 3 is 2.57 bits per heavy atom. The zero-order chi connectivity index (χ0) is 15.7. The first-order valence-electron chi connectivity index (χ1n) is 7.82. The van der Waals surface area contributed by atoms with Crippen LogP contribution in [0, 0.1) is 0 Å². The fourth-order valence-corrected chi connectivity index (χ4v) is 2.84. The predicted octanol–water partition coefficient (Wildman–Crippen LogP) is 2.37. The van der Waals surface area contributed by atoms with Crippen molar-refractivity contribution in [2.45, 2.75) is 71.4 Å². The number of aromatic nitrogens is 3. The first-order chi connectivity index (χ1) is 9.92. The van der Waals surface area contributed by atoms with Gasteiger partial charge in [-0.15, -0.1) is 9.36 Å². The van der Waals surface area contributed by atoms with Gasteiger partial charge in [0.2, 0.25) is 0 Å². The van der Waals surface area contributed by atoms with Crippen LogP contribution in [0.4, 0.5) is 0 Å². The van der Waals surface area contributed by atoms with Crippen LogP contribution in [-0.2, 0) is 16.7 Å². The number of rotatable bonds is 11. The Morgan fingerprint density at radius 1 is 1.24 bits per heavy atom. The lowest BCUT2D eigenvalue weighted by atomic mass is 10.1. The van der Waals surface area contributed by atoms with E-state index in [4.69, 9.17) is 4.55 Å². The van der Waals surface area contributed by atoms with E-state index in [9.17, 15) is 8.42 Å². The Labute approximate surface area is 127 Å². The zero-order valence-corrected chi connectivity index (χ0v) is 13.9. The van der Waals surface area contributed by atoms with Gasteiger partial charge in [0, 0.05) is 6.42 Å². The van der Waals surface area contributed by atoms with Crippen LogP contribution in [-0.4, -0.2) is 28.6 Å². The second kappa shape index (κ2) is 9.15. The molecule has 6 nitrogen and oxygen atoms in total. The van der Waals surface area contributed by atoms with E-state index >= 15 is 0 Å². The van der Waals surface area contributed by atoms with Crippen molar-refractivity contribution < 1.29 is 17.7 Å². The van der Waals surface area contributed by atoms with Crippen LogP contribution < -0.4 is 4.68 Å². The van der Waals surface area contributed by atoms with Gasteiger partial charge in [-0.1, -0.05) is 32.6 Å². The number of hydrogen-bond acceptors (Lipinski definition) is 3. The quantitative estimate of drug-likeness (QED) is 0.386. The summed E-state index contributed by atoms with van der Waals surface area (Å²) in [5.74, 6) is -0.231. The van der Waals surface area contributed by atoms with Gasteiger partial charge in [0.1, 0.15) is 12.6 Å². The Kier molecular flexibility index (Phi) is 7.88. The topological polar surface area (TPSA) is 76.1 Å². The van der Waals surface area contributed by atoms with E-state index in [0.29, 0.717) is 6.42 Å². The third-order valence-corrected chi connectivity index (χ3v) is 4.35. The molecule has 0 bridgehead atoms. The van der Waals surface area contributed by atoms with Gasteiger partial charge in [-0.2, -0.15) is 8.42 Å². The first-order valence-corrected chi connectivity index (χ1v) is 9.43. The third-order valence-electron chi connectivity index (χ3n) is 3.60. The minimum Gasteiger partial charge on any atom is -0.286 e. The Hall–Kier alpha value is -0.950. The summed E-state index contributed by atoms with van der Waals surface area (Å²) in [6.45, 7) is 5.00. The molecule has 0 radical (unpaired) electrons. The van der Waals surface area contributed by atoms with Gasteiger partial charge < -0.3 is 0 Å². The van der Waals surface area contributed by atoms with Crippen molar-refractivity contribution in [2.75, 3.05) is 5.75 Å². The van der Waals surface area contributed by atoms with Crippen LogP contribution in [0.5, 0.6) is 0 Å². The molecule has 122 valence electrons. The van der Waals surface area contributed by atoms with E-state index < -0.39 is 10.1 Å². The SMILES string of the molecule is CCCCCCCC[n+]1ccn(C(C)CCS(=O)(=O)O)n1. The molecule has 0 saturated carbocycles. The van der Waals surface area contributed by atoms with Crippen molar-refractivity contribution >= 4 is 10.1 Å². The summed E-state index contributed by atoms with van der Waals surface area (Å²) in [7, 11) is -3.89. The Morgan fingerprint density at radius 2 is 1.90 bits per heavy atom. The summed E-state index contributed by atoms with van der Waals surface area (Å²) in [6.07, 6.45) is 11.6. The van der Waals surface area contributed by atoms with Crippen LogP contribution in [0.2, 0.25) is 0 Å². The molecule has 0 fully saturated rings. The monoisotopic (exact) mass is 318 g/mol. The highest BCUT2D eigenvalue weighted by Gasteiger charge is 2.16. The smallest absolute Gasteiger partial charge is 0.265 e. The molecule has 7 heteroatoms. The largest absolute Gasteiger partial charge is 0.286 e. The normalized spacial score (nSPS) is 13.5. The lowest BCUT2D eigenvalue weighted by Gasteiger charge is -2.03. The zero-order valence-electron chi connectivity index (χ0n) is 13.1. The van der Waals surface area contributed by atoms with Gasteiger partial charge in [0.25, 0.3) is 10.1 Å². The summed E-state index contributed by atoms with van der Waals surface area (Å²) in [4.78, 5) is 0. The number of hydrogen-bond donors (Lipinski definition) is 1. The number of nitrogens with zero attached hydrogens (tertiary/aromatic N) is 3. The summed E-state index contributed by atoms with van der Waals surface area (Å²) >= 11 is 0. The van der Waals surface area contributed by atoms with E-state index in [1.807, 2.05) is 24.0 Å². The molecule has 1 rings (SSSR count). The lowest BCUT2D eigenvalue weighted by Crippen LogP contribution is -2.36. The lowest BCUT2D eigenvalue weighted by molar-refractivity contribution is -0.755. The Bertz CT molecular complexity index is 499. The molecule has 0 spiro atoms. The minimum absolute atomic E-state index is 0.0438. The van der Waals surface area contributed by atoms with E-state index in [1.54, 1.807) is 4.68 Å². The van der Waals surface area contributed by atoms with Crippen molar-refractivity contribution in [1.29, 1.82) is 0 Å². The molecule has 1 heterocycles. The Balaban J connectivity index is 2.29. The standard InChI is InChI=1S/C14H27N3O3S/c1-3-4-5-6-7-8-10-16-11-12-17(15-16)14(2)9-13-21(18,19)20/h11-12,14H,3-10,13H2,1-2H3/p+1. The molecule has 0 aromatic carbocycles. The average molecular weight is 318 g/mol. The molecule has 1 unspecified atom stereocenters. The van der Waals surface area contributed by atoms with Crippen LogP contribution >= 0.6 is 0 Å². The molecular weight excluding hydrogens is 290 g/mol. The minimum atomic E-state index is -3.89. The summed E-state index contributed by atoms with van der Waals surface area (Å²) < 4.78 is 33.9. The molecule has 0 aliphatic heterocycles. The van der Waals surface area contributed by atoms with Gasteiger partial charge in [0.05, 0.1) is 11.0 Å². The van der Waals surface area contributed by atoms with Crippen molar-refractivity contribution in [3.05, 3.63) is 12.4 Å². The molecule has 0 aliphatic carbocycles. The second-order valence-corrected chi connectivity index (χ2v) is 7.19. The molecule has 1 aromatic rings. The fourth-order valence-electron chi connectivity index (χ4n) is 2.20. The van der Waals surface area contributed by atoms with E-state index in [2.05, 4.69) is 12.1 Å². The maximum absolute atomic E-state index is 10.7. The first kappa shape index (κ1) is 18.1. The van der Waals surface area contributed by atoms with Gasteiger partial charge >= 0.3 is 0 Å². The second-order valence-electron chi connectivity index (χ2n) is 5.62. The van der Waals surface area contributed by atoms with Crippen molar-refractivity contribution in [2.24, 2.45) is 0 Å². The molecular formula is C14H28N3O3S+. The van der Waals surface area contributed by atoms with Crippen molar-refractivity contribution in [3.63, 3.8) is 0 Å². The summed E-state index contributed by atoms with van der Waals surface area (Å²) in [5, 5.41) is 4.40. The van der Waals surface area contributed by atoms with Gasteiger partial charge in [0.15, 0.2) is 12.4 Å². The molecule has 0 amide bonds. The highest BCUT2D eigenvalue weighted by Crippen LogP contribution is 2.09. The van der Waals surface area contributed by atoms with E-state index in [0.717, 1.165) is 13.0 Å². The fraction of sp³-hybridized carbons (Fsp3) is 0.857. The van der Waals surface area contributed by atoms with Crippen molar-refractivity contribution in [1.82, 2.24) is 9.90 Å². The molecule has 1 N–H and O–H groups in total. The predicted molar refractivity (Wildman–Crippen MR) is 81.5 cm³/mol. The van der Waals surface area contributed by atoms with E-state index in [1.165, 1.54) is 32.1 Å². The van der Waals surface area contributed by atoms with Crippen LogP contribution in [0.1, 0.15) is 64.8 Å². The summed E-state index contributed by atoms with van der Waals surface area (Å²) in [5.41, 5.74) is 0. The van der Waals surface area contributed by atoms with Crippen molar-refractivity contribution in [3.8, 4) is 0 Å². The number of unbranched alkanes of at least 4 members (excludes halogenated alkanes) is 5. The third kappa shape index (κ3) is 8.16. The molecule has 21 heavy (non-hydrogen) atoms. The van der Waals surface area contributed by atoms with Gasteiger partial charge in [-0.05, 0) is 19.8 Å². The molecule has 1 aromatic heterocycles. The maximum Gasteiger partial charge on any atom is 0.265 e. The van der Waals surface area contributed by atoms with Gasteiger partial charge in [-0.3, -0.25) is 4.55 Å². The molecule has 0 saturated heterocycles. The average Bonchev–Trinajstić information content (AvgIpc) is 2.88. The van der Waals surface area contributed by atoms with Crippen LogP contribution in [0.15, 0.2) is 12.4 Å². The molecule has 1 atom stereocenters. The highest BCUT2D eigenvalue weighted by atomic mass is 32.2. The van der Waals surface area contributed by atoms with E-state index in [-0.39, 0.29) is 11.8 Å². The number of aryl methyl sites for hydroxylation is 1. The maximum atomic E-state index is 10.7. The summed E-state index contributed by atoms with van der Waals surface area (Å²) in [6, 6.07) is -0.0438. The van der Waals surface area contributed by atoms with Crippen LogP contribution in [0.25, 0.3) is 0 Å². The van der Waals surface area contributed by atoms with Crippen LogP contribution in [0.3, 0.4) is 0 Å².